The molecule has 0 saturated heterocycles. The average Bonchev–Trinajstić information content (AvgIpc) is 2.73. The Morgan fingerprint density at radius 1 is 1.60 bits per heavy atom. The predicted octanol–water partition coefficient (Wildman–Crippen LogP) is 1.86. The second-order valence-corrected chi connectivity index (χ2v) is 4.74. The largest absolute Gasteiger partial charge is 0.339 e. The van der Waals surface area contributed by atoms with Gasteiger partial charge in [0.1, 0.15) is 0 Å². The second-order valence-electron chi connectivity index (χ2n) is 4.74. The highest BCUT2D eigenvalue weighted by molar-refractivity contribution is 5.07. The number of hydrogen-bond acceptors (Lipinski definition) is 4. The van der Waals surface area contributed by atoms with Gasteiger partial charge in [0.15, 0.2) is 5.82 Å². The van der Waals surface area contributed by atoms with E-state index in [1.54, 1.807) is 0 Å². The summed E-state index contributed by atoms with van der Waals surface area (Å²) in [6, 6.07) is 0.260. The standard InChI is InChI=1S/C11H19N3O/c1-7-6-9(7)11-13-10(15-14-11)5-3-4-8(2)12/h7-9H,3-6,12H2,1-2H3. The molecular weight excluding hydrogens is 190 g/mol. The van der Waals surface area contributed by atoms with Gasteiger partial charge in [0.25, 0.3) is 0 Å². The number of rotatable bonds is 5. The Hall–Kier alpha value is -0.900. The molecule has 2 rings (SSSR count). The lowest BCUT2D eigenvalue weighted by Crippen LogP contribution is -2.14. The minimum absolute atomic E-state index is 0.260. The number of nitrogens with two attached hydrogens (primary N) is 1. The molecule has 0 bridgehead atoms. The molecule has 0 aromatic carbocycles. The van der Waals surface area contributed by atoms with Crippen molar-refractivity contribution in [3.63, 3.8) is 0 Å². The van der Waals surface area contributed by atoms with Crippen molar-refractivity contribution in [2.45, 2.75) is 51.5 Å². The van der Waals surface area contributed by atoms with Crippen molar-refractivity contribution in [1.82, 2.24) is 10.1 Å². The molecule has 2 N–H and O–H groups in total. The number of nitrogens with zero attached hydrogens (tertiary/aromatic N) is 2. The van der Waals surface area contributed by atoms with E-state index >= 15 is 0 Å². The summed E-state index contributed by atoms with van der Waals surface area (Å²) >= 11 is 0. The Bertz CT molecular complexity index is 321. The van der Waals surface area contributed by atoms with Crippen LogP contribution >= 0.6 is 0 Å². The molecule has 15 heavy (non-hydrogen) atoms. The van der Waals surface area contributed by atoms with Gasteiger partial charge in [-0.05, 0) is 32.1 Å². The maximum atomic E-state index is 5.67. The number of hydrogen-bond donors (Lipinski definition) is 1. The van der Waals surface area contributed by atoms with Gasteiger partial charge in [0.05, 0.1) is 0 Å². The molecule has 0 spiro atoms. The van der Waals surface area contributed by atoms with E-state index in [-0.39, 0.29) is 6.04 Å². The van der Waals surface area contributed by atoms with Gasteiger partial charge < -0.3 is 10.3 Å². The van der Waals surface area contributed by atoms with E-state index in [1.807, 2.05) is 6.92 Å². The third-order valence-electron chi connectivity index (χ3n) is 2.98. The van der Waals surface area contributed by atoms with Gasteiger partial charge in [-0.2, -0.15) is 4.98 Å². The zero-order chi connectivity index (χ0) is 10.8. The highest BCUT2D eigenvalue weighted by Gasteiger charge is 2.37. The molecule has 4 nitrogen and oxygen atoms in total. The molecular formula is C11H19N3O. The molecule has 3 atom stereocenters. The minimum atomic E-state index is 0.260. The molecule has 1 aliphatic rings. The van der Waals surface area contributed by atoms with Crippen LogP contribution in [0.4, 0.5) is 0 Å². The zero-order valence-electron chi connectivity index (χ0n) is 9.44. The molecule has 1 aliphatic carbocycles. The summed E-state index contributed by atoms with van der Waals surface area (Å²) in [5, 5.41) is 4.01. The van der Waals surface area contributed by atoms with Gasteiger partial charge >= 0.3 is 0 Å². The van der Waals surface area contributed by atoms with E-state index in [0.29, 0.717) is 5.92 Å². The van der Waals surface area contributed by atoms with Gasteiger partial charge in [-0.1, -0.05) is 12.1 Å². The molecule has 4 heteroatoms. The molecule has 84 valence electrons. The molecule has 0 radical (unpaired) electrons. The van der Waals surface area contributed by atoms with Crippen LogP contribution in [0.2, 0.25) is 0 Å². The fourth-order valence-electron chi connectivity index (χ4n) is 1.78. The summed E-state index contributed by atoms with van der Waals surface area (Å²) < 4.78 is 5.19. The van der Waals surface area contributed by atoms with Crippen molar-refractivity contribution < 1.29 is 4.52 Å². The van der Waals surface area contributed by atoms with Gasteiger partial charge in [-0.3, -0.25) is 0 Å². The first-order chi connectivity index (χ1) is 7.16. The first-order valence-electron chi connectivity index (χ1n) is 5.75. The van der Waals surface area contributed by atoms with Crippen LogP contribution in [0.1, 0.15) is 50.7 Å². The lowest BCUT2D eigenvalue weighted by Gasteiger charge is -2.00. The van der Waals surface area contributed by atoms with E-state index < -0.39 is 0 Å². The van der Waals surface area contributed by atoms with Gasteiger partial charge in [0, 0.05) is 18.4 Å². The summed E-state index contributed by atoms with van der Waals surface area (Å²) in [6.07, 6.45) is 4.10. The first kappa shape index (κ1) is 10.6. The monoisotopic (exact) mass is 209 g/mol. The number of aryl methyl sites for hydroxylation is 1. The molecule has 3 unspecified atom stereocenters. The molecule has 1 aromatic rings. The average molecular weight is 209 g/mol. The summed E-state index contributed by atoms with van der Waals surface area (Å²) in [4.78, 5) is 4.40. The Labute approximate surface area is 90.2 Å². The van der Waals surface area contributed by atoms with Crippen LogP contribution in [-0.4, -0.2) is 16.2 Å². The lowest BCUT2D eigenvalue weighted by atomic mass is 10.1. The summed E-state index contributed by atoms with van der Waals surface area (Å²) in [7, 11) is 0. The molecule has 0 amide bonds. The van der Waals surface area contributed by atoms with Crippen molar-refractivity contribution in [1.29, 1.82) is 0 Å². The van der Waals surface area contributed by atoms with Crippen LogP contribution in [0.25, 0.3) is 0 Å². The van der Waals surface area contributed by atoms with E-state index in [0.717, 1.165) is 36.9 Å². The first-order valence-corrected chi connectivity index (χ1v) is 5.75. The molecule has 1 fully saturated rings. The Balaban J connectivity index is 1.80. The van der Waals surface area contributed by atoms with Gasteiger partial charge in [0.2, 0.25) is 5.89 Å². The van der Waals surface area contributed by atoms with Gasteiger partial charge in [-0.15, -0.1) is 0 Å². The van der Waals surface area contributed by atoms with Crippen LogP contribution in [0.3, 0.4) is 0 Å². The predicted molar refractivity (Wildman–Crippen MR) is 57.4 cm³/mol. The SMILES string of the molecule is CC(N)CCCc1nc(C2CC2C)no1. The molecule has 1 aromatic heterocycles. The zero-order valence-corrected chi connectivity index (χ0v) is 9.44. The Morgan fingerprint density at radius 2 is 2.33 bits per heavy atom. The third kappa shape index (κ3) is 2.78. The highest BCUT2D eigenvalue weighted by Crippen LogP contribution is 2.45. The fourth-order valence-corrected chi connectivity index (χ4v) is 1.78. The smallest absolute Gasteiger partial charge is 0.226 e. The summed E-state index contributed by atoms with van der Waals surface area (Å²) in [5.74, 6) is 2.96. The van der Waals surface area contributed by atoms with Crippen LogP contribution in [-0.2, 0) is 6.42 Å². The topological polar surface area (TPSA) is 64.9 Å². The summed E-state index contributed by atoms with van der Waals surface area (Å²) in [6.45, 7) is 4.24. The van der Waals surface area contributed by atoms with Crippen LogP contribution < -0.4 is 5.73 Å². The normalized spacial score (nSPS) is 26.6. The van der Waals surface area contributed by atoms with E-state index in [1.165, 1.54) is 6.42 Å². The Kier molecular flexibility index (Phi) is 3.05. The number of aromatic nitrogens is 2. The minimum Gasteiger partial charge on any atom is -0.339 e. The maximum Gasteiger partial charge on any atom is 0.226 e. The van der Waals surface area contributed by atoms with Crippen molar-refractivity contribution >= 4 is 0 Å². The van der Waals surface area contributed by atoms with Gasteiger partial charge in [-0.25, -0.2) is 0 Å². The maximum absolute atomic E-state index is 5.67. The second kappa shape index (κ2) is 4.31. The van der Waals surface area contributed by atoms with Crippen molar-refractivity contribution in [3.8, 4) is 0 Å². The van der Waals surface area contributed by atoms with Crippen LogP contribution in [0, 0.1) is 5.92 Å². The Morgan fingerprint density at radius 3 is 2.93 bits per heavy atom. The lowest BCUT2D eigenvalue weighted by molar-refractivity contribution is 0.367. The quantitative estimate of drug-likeness (QED) is 0.804. The van der Waals surface area contributed by atoms with Crippen LogP contribution in [0.15, 0.2) is 4.52 Å². The van der Waals surface area contributed by atoms with Crippen molar-refractivity contribution in [2.24, 2.45) is 11.7 Å². The molecule has 1 heterocycles. The fraction of sp³-hybridized carbons (Fsp3) is 0.818. The van der Waals surface area contributed by atoms with E-state index in [4.69, 9.17) is 10.3 Å². The molecule has 1 saturated carbocycles. The highest BCUT2D eigenvalue weighted by atomic mass is 16.5. The molecule has 0 aliphatic heterocycles. The summed E-state index contributed by atoms with van der Waals surface area (Å²) in [5.41, 5.74) is 5.67. The third-order valence-corrected chi connectivity index (χ3v) is 2.98. The van der Waals surface area contributed by atoms with Crippen LogP contribution in [0.5, 0.6) is 0 Å². The van der Waals surface area contributed by atoms with Crippen molar-refractivity contribution in [2.75, 3.05) is 0 Å². The van der Waals surface area contributed by atoms with Crippen molar-refractivity contribution in [3.05, 3.63) is 11.7 Å². The van der Waals surface area contributed by atoms with E-state index in [9.17, 15) is 0 Å². The van der Waals surface area contributed by atoms with E-state index in [2.05, 4.69) is 17.1 Å².